The number of nitrogens with zero attached hydrogens (tertiary/aromatic N) is 1. The number of amides is 1. The van der Waals surface area contributed by atoms with Crippen LogP contribution in [0.15, 0.2) is 23.1 Å². The lowest BCUT2D eigenvalue weighted by molar-refractivity contribution is -0.128. The van der Waals surface area contributed by atoms with Crippen molar-refractivity contribution in [3.63, 3.8) is 0 Å². The number of nitrogens with two attached hydrogens (primary N) is 1. The summed E-state index contributed by atoms with van der Waals surface area (Å²) in [5.74, 6) is -0.145. The molecule has 1 aromatic rings. The van der Waals surface area contributed by atoms with E-state index in [0.717, 1.165) is 0 Å². The van der Waals surface area contributed by atoms with Gasteiger partial charge in [-0.05, 0) is 32.0 Å². The van der Waals surface area contributed by atoms with Gasteiger partial charge in [0, 0.05) is 18.0 Å². The van der Waals surface area contributed by atoms with E-state index in [9.17, 15) is 9.00 Å². The molecular formula is C12H17ClN2O2S. The molecule has 1 atom stereocenters. The molecule has 1 aromatic carbocycles. The number of benzene rings is 1. The highest BCUT2D eigenvalue weighted by Gasteiger charge is 2.15. The summed E-state index contributed by atoms with van der Waals surface area (Å²) in [6.45, 7) is 5.03. The van der Waals surface area contributed by atoms with Crippen molar-refractivity contribution in [3.8, 4) is 0 Å². The van der Waals surface area contributed by atoms with Crippen LogP contribution in [0, 0.1) is 0 Å². The number of halogens is 1. The molecule has 0 aliphatic rings. The first kappa shape index (κ1) is 15.0. The second kappa shape index (κ2) is 6.75. The molecule has 0 heterocycles. The lowest BCUT2D eigenvalue weighted by Gasteiger charge is -2.18. The largest absolute Gasteiger partial charge is 0.398 e. The zero-order valence-electron chi connectivity index (χ0n) is 10.5. The van der Waals surface area contributed by atoms with E-state index in [1.807, 2.05) is 13.8 Å². The minimum absolute atomic E-state index is 0.0259. The van der Waals surface area contributed by atoms with Gasteiger partial charge in [0.05, 0.1) is 21.5 Å². The molecule has 1 unspecified atom stereocenters. The standard InChI is InChI=1S/C12H17ClN2O2S/c1-3-15(4-2)12(16)8-18(17)9-5-6-11(14)10(13)7-9/h5-7H,3-4,8,14H2,1-2H3. The summed E-state index contributed by atoms with van der Waals surface area (Å²) in [5.41, 5.74) is 6.01. The highest BCUT2D eigenvalue weighted by molar-refractivity contribution is 7.85. The zero-order valence-corrected chi connectivity index (χ0v) is 12.1. The topological polar surface area (TPSA) is 63.4 Å². The van der Waals surface area contributed by atoms with Crippen LogP contribution in [0.3, 0.4) is 0 Å². The highest BCUT2D eigenvalue weighted by Crippen LogP contribution is 2.21. The van der Waals surface area contributed by atoms with Crippen LogP contribution in [-0.4, -0.2) is 33.9 Å². The monoisotopic (exact) mass is 288 g/mol. The number of hydrogen-bond donors (Lipinski definition) is 1. The van der Waals surface area contributed by atoms with E-state index in [0.29, 0.717) is 28.7 Å². The number of nitrogen functional groups attached to an aromatic ring is 1. The molecule has 1 amide bonds. The average molecular weight is 289 g/mol. The zero-order chi connectivity index (χ0) is 13.7. The molecule has 0 aliphatic heterocycles. The van der Waals surface area contributed by atoms with Crippen molar-refractivity contribution in [1.82, 2.24) is 4.90 Å². The summed E-state index contributed by atoms with van der Waals surface area (Å²) < 4.78 is 12.0. The van der Waals surface area contributed by atoms with Crippen LogP contribution in [0.2, 0.25) is 5.02 Å². The van der Waals surface area contributed by atoms with E-state index in [1.165, 1.54) is 0 Å². The van der Waals surface area contributed by atoms with Crippen LogP contribution in [0.25, 0.3) is 0 Å². The van der Waals surface area contributed by atoms with E-state index in [-0.39, 0.29) is 11.7 Å². The van der Waals surface area contributed by atoms with E-state index in [1.54, 1.807) is 23.1 Å². The molecule has 0 fully saturated rings. The summed E-state index contributed by atoms with van der Waals surface area (Å²) in [5, 5.41) is 0.358. The lowest BCUT2D eigenvalue weighted by Crippen LogP contribution is -2.34. The third kappa shape index (κ3) is 3.71. The Morgan fingerprint density at radius 3 is 2.50 bits per heavy atom. The van der Waals surface area contributed by atoms with Gasteiger partial charge in [0.15, 0.2) is 0 Å². The first-order valence-electron chi connectivity index (χ1n) is 5.70. The summed E-state index contributed by atoms with van der Waals surface area (Å²) in [6, 6.07) is 4.77. The van der Waals surface area contributed by atoms with Crippen molar-refractivity contribution >= 4 is 34.0 Å². The summed E-state index contributed by atoms with van der Waals surface area (Å²) in [4.78, 5) is 14.0. The van der Waals surface area contributed by atoms with Crippen molar-refractivity contribution < 1.29 is 9.00 Å². The Morgan fingerprint density at radius 1 is 1.39 bits per heavy atom. The molecular weight excluding hydrogens is 272 g/mol. The predicted molar refractivity (Wildman–Crippen MR) is 75.1 cm³/mol. The third-order valence-electron chi connectivity index (χ3n) is 2.61. The Bertz CT molecular complexity index is 461. The Labute approximate surface area is 115 Å². The van der Waals surface area contributed by atoms with Crippen LogP contribution in [-0.2, 0) is 15.6 Å². The molecule has 18 heavy (non-hydrogen) atoms. The first-order valence-corrected chi connectivity index (χ1v) is 7.40. The summed E-state index contributed by atoms with van der Waals surface area (Å²) in [6.07, 6.45) is 0. The Morgan fingerprint density at radius 2 is 2.00 bits per heavy atom. The van der Waals surface area contributed by atoms with E-state index in [2.05, 4.69) is 0 Å². The van der Waals surface area contributed by atoms with Gasteiger partial charge in [-0.3, -0.25) is 9.00 Å². The first-order chi connectivity index (χ1) is 8.49. The minimum Gasteiger partial charge on any atom is -0.398 e. The normalized spacial score (nSPS) is 12.2. The maximum absolute atomic E-state index is 12.0. The fourth-order valence-electron chi connectivity index (χ4n) is 1.51. The van der Waals surface area contributed by atoms with Crippen LogP contribution in [0.5, 0.6) is 0 Å². The molecule has 0 aliphatic carbocycles. The van der Waals surface area contributed by atoms with Crippen LogP contribution < -0.4 is 5.73 Å². The van der Waals surface area contributed by atoms with Gasteiger partial charge in [-0.1, -0.05) is 11.6 Å². The van der Waals surface area contributed by atoms with Crippen molar-refractivity contribution in [1.29, 1.82) is 0 Å². The van der Waals surface area contributed by atoms with Gasteiger partial charge in [0.2, 0.25) is 5.91 Å². The molecule has 4 nitrogen and oxygen atoms in total. The second-order valence-corrected chi connectivity index (χ2v) is 5.60. The fourth-order valence-corrected chi connectivity index (χ4v) is 2.80. The van der Waals surface area contributed by atoms with Gasteiger partial charge in [0.25, 0.3) is 0 Å². The highest BCUT2D eigenvalue weighted by atomic mass is 35.5. The van der Waals surface area contributed by atoms with Gasteiger partial charge in [-0.2, -0.15) is 0 Å². The number of carbonyl (C=O) groups is 1. The maximum Gasteiger partial charge on any atom is 0.235 e. The number of anilines is 1. The minimum atomic E-state index is -1.39. The van der Waals surface area contributed by atoms with E-state index >= 15 is 0 Å². The van der Waals surface area contributed by atoms with Crippen molar-refractivity contribution in [2.75, 3.05) is 24.6 Å². The van der Waals surface area contributed by atoms with Gasteiger partial charge in [-0.25, -0.2) is 0 Å². The Hall–Kier alpha value is -1.07. The lowest BCUT2D eigenvalue weighted by atomic mass is 10.3. The second-order valence-electron chi connectivity index (χ2n) is 3.74. The third-order valence-corrected chi connectivity index (χ3v) is 4.22. The van der Waals surface area contributed by atoms with Crippen LogP contribution in [0.1, 0.15) is 13.8 Å². The molecule has 0 aromatic heterocycles. The molecule has 2 N–H and O–H groups in total. The Kier molecular flexibility index (Phi) is 5.62. The van der Waals surface area contributed by atoms with Gasteiger partial charge in [0.1, 0.15) is 5.75 Å². The predicted octanol–water partition coefficient (Wildman–Crippen LogP) is 1.90. The number of rotatable bonds is 5. The number of hydrogen-bond acceptors (Lipinski definition) is 3. The van der Waals surface area contributed by atoms with Crippen molar-refractivity contribution in [3.05, 3.63) is 23.2 Å². The van der Waals surface area contributed by atoms with Crippen LogP contribution >= 0.6 is 11.6 Å². The fraction of sp³-hybridized carbons (Fsp3) is 0.417. The molecule has 0 radical (unpaired) electrons. The average Bonchev–Trinajstić information content (AvgIpc) is 2.34. The quantitative estimate of drug-likeness (QED) is 0.842. The molecule has 0 spiro atoms. The van der Waals surface area contributed by atoms with Crippen molar-refractivity contribution in [2.24, 2.45) is 0 Å². The van der Waals surface area contributed by atoms with Gasteiger partial charge < -0.3 is 10.6 Å². The summed E-state index contributed by atoms with van der Waals surface area (Å²) in [7, 11) is -1.39. The van der Waals surface area contributed by atoms with E-state index in [4.69, 9.17) is 17.3 Å². The molecule has 1 rings (SSSR count). The molecule has 0 bridgehead atoms. The van der Waals surface area contributed by atoms with Crippen molar-refractivity contribution in [2.45, 2.75) is 18.7 Å². The molecule has 0 saturated carbocycles. The van der Waals surface area contributed by atoms with Gasteiger partial charge in [-0.15, -0.1) is 0 Å². The Balaban J connectivity index is 2.76. The maximum atomic E-state index is 12.0. The van der Waals surface area contributed by atoms with E-state index < -0.39 is 10.8 Å². The molecule has 100 valence electrons. The SMILES string of the molecule is CCN(CC)C(=O)CS(=O)c1ccc(N)c(Cl)c1. The van der Waals surface area contributed by atoms with Gasteiger partial charge >= 0.3 is 0 Å². The summed E-state index contributed by atoms with van der Waals surface area (Å²) >= 11 is 5.86. The number of carbonyl (C=O) groups excluding carboxylic acids is 1. The van der Waals surface area contributed by atoms with Crippen LogP contribution in [0.4, 0.5) is 5.69 Å². The molecule has 6 heteroatoms. The molecule has 0 saturated heterocycles. The smallest absolute Gasteiger partial charge is 0.235 e.